The Hall–Kier alpha value is 0.474. The molecule has 0 heterocycles. The molecular weight excluding hydrogens is 282 g/mol. The maximum atomic E-state index is 9.87. The SMILES string of the molecule is CC(O)[NH][Ti]([NH]C(C)O)([NH]C(C)O)([CH](C)C)[CH](C)C. The Bertz CT molecular complexity index is 242. The molecule has 19 heavy (non-hydrogen) atoms. The van der Waals surface area contributed by atoms with E-state index in [1.807, 2.05) is 27.7 Å². The van der Waals surface area contributed by atoms with Crippen molar-refractivity contribution in [3.63, 3.8) is 0 Å². The summed E-state index contributed by atoms with van der Waals surface area (Å²) in [6.07, 6.45) is -2.21. The number of nitrogens with one attached hydrogen (secondary N) is 3. The van der Waals surface area contributed by atoms with Crippen LogP contribution in [0.25, 0.3) is 0 Å². The fourth-order valence-electron chi connectivity index (χ4n) is 3.14. The normalized spacial score (nSPS) is 20.1. The van der Waals surface area contributed by atoms with Gasteiger partial charge in [0.05, 0.1) is 0 Å². The number of aliphatic hydroxyl groups is 3. The van der Waals surface area contributed by atoms with Gasteiger partial charge in [-0.2, -0.15) is 0 Å². The van der Waals surface area contributed by atoms with E-state index in [1.165, 1.54) is 0 Å². The van der Waals surface area contributed by atoms with Crippen molar-refractivity contribution in [3.8, 4) is 0 Å². The zero-order chi connectivity index (χ0) is 15.5. The predicted molar refractivity (Wildman–Crippen MR) is 74.6 cm³/mol. The summed E-state index contributed by atoms with van der Waals surface area (Å²) in [5.41, 5.74) is 0. The van der Waals surface area contributed by atoms with Crippen molar-refractivity contribution in [2.24, 2.45) is 0 Å². The van der Waals surface area contributed by atoms with Gasteiger partial charge in [0, 0.05) is 0 Å². The van der Waals surface area contributed by atoms with Crippen LogP contribution >= 0.6 is 0 Å². The van der Waals surface area contributed by atoms with Crippen molar-refractivity contribution < 1.29 is 31.4 Å². The third-order valence-electron chi connectivity index (χ3n) is 3.96. The summed E-state index contributed by atoms with van der Waals surface area (Å²) in [7, 11) is 0. The quantitative estimate of drug-likeness (QED) is 0.294. The van der Waals surface area contributed by atoms with E-state index in [0.29, 0.717) is 0 Å². The molecule has 0 fully saturated rings. The van der Waals surface area contributed by atoms with E-state index < -0.39 is 34.8 Å². The molecule has 0 aliphatic carbocycles. The van der Waals surface area contributed by atoms with Crippen LogP contribution in [0, 0.1) is 0 Å². The fraction of sp³-hybridized carbons (Fsp3) is 1.00. The van der Waals surface area contributed by atoms with Crippen LogP contribution in [0.5, 0.6) is 0 Å². The van der Waals surface area contributed by atoms with Gasteiger partial charge in [-0.15, -0.1) is 0 Å². The molecule has 6 nitrogen and oxygen atoms in total. The monoisotopic (exact) mass is 314 g/mol. The zero-order valence-corrected chi connectivity index (χ0v) is 14.8. The van der Waals surface area contributed by atoms with Crippen molar-refractivity contribution in [1.82, 2.24) is 11.4 Å². The van der Waals surface area contributed by atoms with E-state index in [1.54, 1.807) is 20.8 Å². The van der Waals surface area contributed by atoms with Crippen LogP contribution < -0.4 is 11.4 Å². The Morgan fingerprint density at radius 3 is 0.895 bits per heavy atom. The Kier molecular flexibility index (Phi) is 7.13. The van der Waals surface area contributed by atoms with Crippen LogP contribution in [0.3, 0.4) is 0 Å². The van der Waals surface area contributed by atoms with Crippen LogP contribution in [0.15, 0.2) is 0 Å². The number of hydrogen-bond acceptors (Lipinski definition) is 6. The third-order valence-corrected chi connectivity index (χ3v) is 16.3. The summed E-state index contributed by atoms with van der Waals surface area (Å²) in [6, 6.07) is 0. The predicted octanol–water partition coefficient (Wildman–Crippen LogP) is 0.861. The first-order valence-electron chi connectivity index (χ1n) is 7.01. The summed E-state index contributed by atoms with van der Waals surface area (Å²) in [4.78, 5) is 0. The number of rotatable bonds is 8. The molecule has 0 saturated heterocycles. The van der Waals surface area contributed by atoms with Crippen LogP contribution in [-0.2, 0) is 16.1 Å². The maximum absolute atomic E-state index is 9.87. The van der Waals surface area contributed by atoms with Gasteiger partial charge in [-0.1, -0.05) is 0 Å². The van der Waals surface area contributed by atoms with Crippen LogP contribution in [-0.4, -0.2) is 34.0 Å². The molecule has 0 spiro atoms. The van der Waals surface area contributed by atoms with E-state index in [2.05, 4.69) is 11.4 Å². The molecule has 7 heteroatoms. The Labute approximate surface area is 118 Å². The average molecular weight is 314 g/mol. The van der Waals surface area contributed by atoms with Gasteiger partial charge in [0.2, 0.25) is 0 Å². The number of hydrogen-bond donors (Lipinski definition) is 6. The molecule has 0 aromatic rings. The van der Waals surface area contributed by atoms with Gasteiger partial charge in [-0.05, 0) is 0 Å². The molecule has 0 aromatic carbocycles. The van der Waals surface area contributed by atoms with Crippen LogP contribution in [0.4, 0.5) is 0 Å². The fourth-order valence-corrected chi connectivity index (χ4v) is 13.0. The van der Waals surface area contributed by atoms with E-state index in [4.69, 9.17) is 0 Å². The molecule has 0 saturated carbocycles. The average Bonchev–Trinajstić information content (AvgIpc) is 2.12. The van der Waals surface area contributed by atoms with E-state index in [-0.39, 0.29) is 8.45 Å². The molecule has 0 radical (unpaired) electrons. The van der Waals surface area contributed by atoms with E-state index in [0.717, 1.165) is 0 Å². The summed E-state index contributed by atoms with van der Waals surface area (Å²) < 4.78 is 10.1. The van der Waals surface area contributed by atoms with Gasteiger partial charge >= 0.3 is 118 Å². The Morgan fingerprint density at radius 2 is 0.789 bits per heavy atom. The molecule has 3 unspecified atom stereocenters. The summed E-state index contributed by atoms with van der Waals surface area (Å²) in [5, 5.41) is 29.6. The van der Waals surface area contributed by atoms with Crippen molar-refractivity contribution >= 4 is 0 Å². The summed E-state index contributed by atoms with van der Waals surface area (Å²) >= 11 is -4.01. The van der Waals surface area contributed by atoms with Crippen molar-refractivity contribution in [3.05, 3.63) is 0 Å². The molecule has 0 aromatic heterocycles. The minimum absolute atomic E-state index is 0.121. The van der Waals surface area contributed by atoms with Gasteiger partial charge in [-0.3, -0.25) is 0 Å². The van der Waals surface area contributed by atoms with Gasteiger partial charge in [-0.25, -0.2) is 0 Å². The van der Waals surface area contributed by atoms with Crippen molar-refractivity contribution in [2.45, 2.75) is 75.6 Å². The Morgan fingerprint density at radius 1 is 0.579 bits per heavy atom. The summed E-state index contributed by atoms with van der Waals surface area (Å²) in [5.74, 6) is 0. The second kappa shape index (κ2) is 6.96. The van der Waals surface area contributed by atoms with Gasteiger partial charge < -0.3 is 0 Å². The van der Waals surface area contributed by atoms with Crippen molar-refractivity contribution in [1.29, 1.82) is 0 Å². The third kappa shape index (κ3) is 4.22. The molecule has 117 valence electrons. The molecule has 0 aliphatic rings. The molecule has 0 rings (SSSR count). The van der Waals surface area contributed by atoms with Crippen molar-refractivity contribution in [2.75, 3.05) is 0 Å². The zero-order valence-electron chi connectivity index (χ0n) is 13.2. The first-order chi connectivity index (χ1) is 8.46. The molecule has 3 atom stereocenters. The molecular formula is C12H32N3O3Ti. The van der Waals surface area contributed by atoms with Crippen LogP contribution in [0.2, 0.25) is 8.45 Å². The first-order valence-corrected chi connectivity index (χ1v) is 11.2. The van der Waals surface area contributed by atoms with E-state index in [9.17, 15) is 15.3 Å². The minimum atomic E-state index is -4.01. The van der Waals surface area contributed by atoms with Gasteiger partial charge in [0.25, 0.3) is 0 Å². The standard InChI is InChI=1S/2C3H7.3C2H6NO.Ti/c2*1-3-2;3*1-2(3)4;/h2*3H,1-2H3;3*2-4H,1H3;/q;;3*-1;+3. The number of aliphatic hydroxyl groups excluding tert-OH is 3. The second-order valence-corrected chi connectivity index (χ2v) is 15.5. The first kappa shape index (κ1) is 19.5. The molecule has 0 aliphatic heterocycles. The summed E-state index contributed by atoms with van der Waals surface area (Å²) in [6.45, 7) is 13.1. The molecule has 6 N–H and O–H groups in total. The van der Waals surface area contributed by atoms with Crippen LogP contribution in [0.1, 0.15) is 48.5 Å². The molecule has 0 amide bonds. The van der Waals surface area contributed by atoms with E-state index >= 15 is 0 Å². The molecule has 0 bridgehead atoms. The second-order valence-electron chi connectivity index (χ2n) is 6.18. The topological polar surface area (TPSA) is 96.8 Å². The Balaban J connectivity index is 5.93. The van der Waals surface area contributed by atoms with Gasteiger partial charge in [0.1, 0.15) is 0 Å². The van der Waals surface area contributed by atoms with Gasteiger partial charge in [0.15, 0.2) is 0 Å².